The molecule has 1 aliphatic heterocycles. The minimum Gasteiger partial charge on any atom is -0.390 e. The van der Waals surface area contributed by atoms with Gasteiger partial charge in [-0.1, -0.05) is 17.3 Å². The van der Waals surface area contributed by atoms with Gasteiger partial charge in [0.25, 0.3) is 5.56 Å². The number of hydrogen-bond donors (Lipinski definition) is 0. The first kappa shape index (κ1) is 18.0. The van der Waals surface area contributed by atoms with Gasteiger partial charge in [-0.25, -0.2) is 9.78 Å². The van der Waals surface area contributed by atoms with Crippen LogP contribution in [0.2, 0.25) is 0 Å². The molecule has 0 amide bonds. The van der Waals surface area contributed by atoms with Crippen molar-refractivity contribution in [1.82, 2.24) is 18.7 Å². The van der Waals surface area contributed by atoms with Crippen molar-refractivity contribution in [2.45, 2.75) is 19.1 Å². The van der Waals surface area contributed by atoms with E-state index < -0.39 is 5.69 Å². The number of rotatable bonds is 4. The quantitative estimate of drug-likeness (QED) is 0.663. The Balaban J connectivity index is 1.58. The first-order valence-corrected chi connectivity index (χ1v) is 8.98. The highest BCUT2D eigenvalue weighted by atomic mass is 16.6. The van der Waals surface area contributed by atoms with Crippen LogP contribution in [-0.4, -0.2) is 44.6 Å². The third-order valence-electron chi connectivity index (χ3n) is 5.04. The summed E-state index contributed by atoms with van der Waals surface area (Å²) in [4.78, 5) is 37.1. The Labute approximate surface area is 161 Å². The molecule has 0 saturated carbocycles. The predicted octanol–water partition coefficient (Wildman–Crippen LogP) is 0.693. The minimum absolute atomic E-state index is 0.134. The Morgan fingerprint density at radius 2 is 1.89 bits per heavy atom. The molecule has 1 atom stereocenters. The highest BCUT2D eigenvalue weighted by Gasteiger charge is 2.25. The van der Waals surface area contributed by atoms with E-state index in [1.54, 1.807) is 18.7 Å². The number of aromatic nitrogens is 4. The SMILES string of the molecule is CN(C)c1ccc(C2=NOC(Cn3c(=O)c4c(ncn4C)n(C)c3=O)C2)cc1. The third-order valence-corrected chi connectivity index (χ3v) is 5.04. The summed E-state index contributed by atoms with van der Waals surface area (Å²) in [6, 6.07) is 8.02. The number of hydrogen-bond acceptors (Lipinski definition) is 6. The Morgan fingerprint density at radius 3 is 2.57 bits per heavy atom. The molecular formula is C19H22N6O3. The van der Waals surface area contributed by atoms with Crippen LogP contribution in [0.4, 0.5) is 5.69 Å². The molecule has 0 aliphatic carbocycles. The van der Waals surface area contributed by atoms with Gasteiger partial charge in [0, 0.05) is 40.3 Å². The van der Waals surface area contributed by atoms with Crippen LogP contribution in [0, 0.1) is 0 Å². The van der Waals surface area contributed by atoms with Crippen molar-refractivity contribution in [3.05, 3.63) is 57.0 Å². The lowest BCUT2D eigenvalue weighted by Crippen LogP contribution is -2.42. The van der Waals surface area contributed by atoms with Crippen LogP contribution in [-0.2, 0) is 25.5 Å². The molecule has 0 radical (unpaired) electrons. The van der Waals surface area contributed by atoms with Gasteiger partial charge in [-0.2, -0.15) is 0 Å². The molecule has 1 aromatic carbocycles. The summed E-state index contributed by atoms with van der Waals surface area (Å²) in [5, 5.41) is 4.17. The van der Waals surface area contributed by atoms with Crippen molar-refractivity contribution in [2.24, 2.45) is 19.3 Å². The second-order valence-corrected chi connectivity index (χ2v) is 7.20. The van der Waals surface area contributed by atoms with E-state index in [-0.39, 0.29) is 18.2 Å². The minimum atomic E-state index is -0.413. The number of nitrogens with zero attached hydrogens (tertiary/aromatic N) is 6. The van der Waals surface area contributed by atoms with Crippen LogP contribution in [0.5, 0.6) is 0 Å². The fourth-order valence-corrected chi connectivity index (χ4v) is 3.41. The van der Waals surface area contributed by atoms with Gasteiger partial charge in [0.1, 0.15) is 0 Å². The van der Waals surface area contributed by atoms with Gasteiger partial charge in [0.2, 0.25) is 0 Å². The molecule has 0 bridgehead atoms. The number of oxime groups is 1. The van der Waals surface area contributed by atoms with Gasteiger partial charge in [0.05, 0.1) is 18.6 Å². The molecule has 3 heterocycles. The average Bonchev–Trinajstić information content (AvgIpc) is 3.30. The molecule has 28 heavy (non-hydrogen) atoms. The number of benzene rings is 1. The van der Waals surface area contributed by atoms with Crippen LogP contribution < -0.4 is 16.1 Å². The normalized spacial score (nSPS) is 16.3. The van der Waals surface area contributed by atoms with Crippen molar-refractivity contribution in [1.29, 1.82) is 0 Å². The molecular weight excluding hydrogens is 360 g/mol. The predicted molar refractivity (Wildman–Crippen MR) is 107 cm³/mol. The lowest BCUT2D eigenvalue weighted by molar-refractivity contribution is 0.0706. The largest absolute Gasteiger partial charge is 0.390 e. The lowest BCUT2D eigenvalue weighted by Gasteiger charge is -2.13. The summed E-state index contributed by atoms with van der Waals surface area (Å²) < 4.78 is 4.20. The number of imidazole rings is 1. The van der Waals surface area contributed by atoms with Crippen molar-refractivity contribution < 1.29 is 4.84 Å². The molecule has 0 N–H and O–H groups in total. The maximum Gasteiger partial charge on any atom is 0.332 e. The maximum atomic E-state index is 12.8. The van der Waals surface area contributed by atoms with E-state index in [1.165, 1.54) is 15.5 Å². The van der Waals surface area contributed by atoms with Crippen molar-refractivity contribution in [2.75, 3.05) is 19.0 Å². The summed E-state index contributed by atoms with van der Waals surface area (Å²) in [6.07, 6.45) is 1.68. The first-order chi connectivity index (χ1) is 13.4. The summed E-state index contributed by atoms with van der Waals surface area (Å²) in [7, 11) is 7.31. The van der Waals surface area contributed by atoms with Gasteiger partial charge >= 0.3 is 5.69 Å². The molecule has 146 valence electrons. The summed E-state index contributed by atoms with van der Waals surface area (Å²) in [5.74, 6) is 0. The zero-order chi connectivity index (χ0) is 20.0. The second-order valence-electron chi connectivity index (χ2n) is 7.20. The average molecular weight is 382 g/mol. The lowest BCUT2D eigenvalue weighted by atomic mass is 10.0. The van der Waals surface area contributed by atoms with E-state index in [0.717, 1.165) is 17.0 Å². The van der Waals surface area contributed by atoms with E-state index in [2.05, 4.69) is 10.1 Å². The molecule has 9 heteroatoms. The molecule has 2 aromatic heterocycles. The number of fused-ring (bicyclic) bond motifs is 1. The molecule has 4 rings (SSSR count). The smallest absolute Gasteiger partial charge is 0.332 e. The second kappa shape index (κ2) is 6.66. The fourth-order valence-electron chi connectivity index (χ4n) is 3.41. The van der Waals surface area contributed by atoms with Gasteiger partial charge in [0.15, 0.2) is 17.3 Å². The third kappa shape index (κ3) is 2.88. The van der Waals surface area contributed by atoms with Crippen LogP contribution in [0.15, 0.2) is 45.3 Å². The molecule has 0 fully saturated rings. The Bertz CT molecular complexity index is 1180. The Kier molecular flexibility index (Phi) is 4.29. The molecule has 3 aromatic rings. The van der Waals surface area contributed by atoms with Gasteiger partial charge in [-0.3, -0.25) is 13.9 Å². The molecule has 0 saturated heterocycles. The number of aryl methyl sites for hydroxylation is 2. The van der Waals surface area contributed by atoms with E-state index in [9.17, 15) is 9.59 Å². The van der Waals surface area contributed by atoms with Gasteiger partial charge in [-0.15, -0.1) is 0 Å². The van der Waals surface area contributed by atoms with Crippen molar-refractivity contribution in [3.8, 4) is 0 Å². The maximum absolute atomic E-state index is 12.8. The fraction of sp³-hybridized carbons (Fsp3) is 0.368. The van der Waals surface area contributed by atoms with Crippen LogP contribution in [0.25, 0.3) is 11.2 Å². The van der Waals surface area contributed by atoms with Gasteiger partial charge in [-0.05, 0) is 17.7 Å². The Hall–Kier alpha value is -3.36. The van der Waals surface area contributed by atoms with E-state index >= 15 is 0 Å². The van der Waals surface area contributed by atoms with Crippen molar-refractivity contribution in [3.63, 3.8) is 0 Å². The van der Waals surface area contributed by atoms with E-state index in [0.29, 0.717) is 17.6 Å². The standard InChI is InChI=1S/C19H22N6O3/c1-22(2)13-7-5-12(6-8-13)15-9-14(28-21-15)10-25-18(26)16-17(20-11-23(16)3)24(4)19(25)27/h5-8,11,14H,9-10H2,1-4H3. The zero-order valence-corrected chi connectivity index (χ0v) is 16.3. The zero-order valence-electron chi connectivity index (χ0n) is 16.3. The molecule has 9 nitrogen and oxygen atoms in total. The monoisotopic (exact) mass is 382 g/mol. The van der Waals surface area contributed by atoms with Crippen LogP contribution in [0.1, 0.15) is 12.0 Å². The Morgan fingerprint density at radius 1 is 1.18 bits per heavy atom. The first-order valence-electron chi connectivity index (χ1n) is 8.98. The van der Waals surface area contributed by atoms with Crippen molar-refractivity contribution >= 4 is 22.6 Å². The highest BCUT2D eigenvalue weighted by molar-refractivity contribution is 6.01. The summed E-state index contributed by atoms with van der Waals surface area (Å²) in [5.41, 5.74) is 2.85. The molecule has 1 unspecified atom stereocenters. The molecule has 1 aliphatic rings. The summed E-state index contributed by atoms with van der Waals surface area (Å²) >= 11 is 0. The topological polar surface area (TPSA) is 86.7 Å². The van der Waals surface area contributed by atoms with Crippen LogP contribution in [0.3, 0.4) is 0 Å². The number of anilines is 1. The van der Waals surface area contributed by atoms with E-state index in [4.69, 9.17) is 4.84 Å². The van der Waals surface area contributed by atoms with Crippen LogP contribution >= 0.6 is 0 Å². The van der Waals surface area contributed by atoms with E-state index in [1.807, 2.05) is 43.3 Å². The summed E-state index contributed by atoms with van der Waals surface area (Å²) in [6.45, 7) is 0.134. The molecule has 0 spiro atoms. The highest BCUT2D eigenvalue weighted by Crippen LogP contribution is 2.20. The van der Waals surface area contributed by atoms with Gasteiger partial charge < -0.3 is 14.3 Å².